The lowest BCUT2D eigenvalue weighted by molar-refractivity contribution is -0.122. The molecule has 4 rings (SSSR count). The van der Waals surface area contributed by atoms with Crippen molar-refractivity contribution >= 4 is 51.9 Å². The van der Waals surface area contributed by atoms with E-state index in [9.17, 15) is 9.59 Å². The standard InChI is InChI=1S/C27H26N2O5S2/c1-4-32-23-13-19(14-24-26(31)29(27(35)36-24)15-20-6-5-11-33-20)8-10-22(23)34-16-25(30)28-21-9-7-17(2)12-18(21)3/h5-14H,4,15-16H2,1-3H3,(H,28,30)/b24-14-. The minimum Gasteiger partial charge on any atom is -0.490 e. The summed E-state index contributed by atoms with van der Waals surface area (Å²) in [6.07, 6.45) is 3.33. The molecule has 1 aromatic heterocycles. The molecule has 1 aliphatic heterocycles. The molecule has 36 heavy (non-hydrogen) atoms. The van der Waals surface area contributed by atoms with Crippen LogP contribution in [-0.2, 0) is 16.1 Å². The van der Waals surface area contributed by atoms with Gasteiger partial charge in [0.2, 0.25) is 0 Å². The molecule has 0 bridgehead atoms. The molecule has 0 saturated carbocycles. The summed E-state index contributed by atoms with van der Waals surface area (Å²) in [4.78, 5) is 27.4. The van der Waals surface area contributed by atoms with Gasteiger partial charge in [0.05, 0.1) is 24.3 Å². The number of carbonyl (C=O) groups excluding carboxylic acids is 2. The number of benzene rings is 2. The van der Waals surface area contributed by atoms with Crippen LogP contribution in [0, 0.1) is 13.8 Å². The Labute approximate surface area is 219 Å². The van der Waals surface area contributed by atoms with E-state index in [0.29, 0.717) is 33.1 Å². The van der Waals surface area contributed by atoms with Gasteiger partial charge in [-0.15, -0.1) is 0 Å². The van der Waals surface area contributed by atoms with Crippen molar-refractivity contribution in [3.05, 3.63) is 82.1 Å². The molecule has 1 fully saturated rings. The second kappa shape index (κ2) is 11.5. The van der Waals surface area contributed by atoms with Crippen LogP contribution in [0.2, 0.25) is 0 Å². The van der Waals surface area contributed by atoms with Crippen LogP contribution in [0.5, 0.6) is 11.5 Å². The third kappa shape index (κ3) is 6.16. The molecular weight excluding hydrogens is 496 g/mol. The lowest BCUT2D eigenvalue weighted by Crippen LogP contribution is -2.27. The Morgan fingerprint density at radius 2 is 1.97 bits per heavy atom. The van der Waals surface area contributed by atoms with Crippen molar-refractivity contribution in [2.45, 2.75) is 27.3 Å². The van der Waals surface area contributed by atoms with Gasteiger partial charge < -0.3 is 19.2 Å². The lowest BCUT2D eigenvalue weighted by Gasteiger charge is -2.14. The first-order valence-corrected chi connectivity index (χ1v) is 12.6. The van der Waals surface area contributed by atoms with Gasteiger partial charge in [0.1, 0.15) is 10.1 Å². The minimum atomic E-state index is -0.270. The van der Waals surface area contributed by atoms with Crippen molar-refractivity contribution in [2.24, 2.45) is 0 Å². The minimum absolute atomic E-state index is 0.168. The predicted molar refractivity (Wildman–Crippen MR) is 145 cm³/mol. The molecule has 186 valence electrons. The van der Waals surface area contributed by atoms with Gasteiger partial charge in [-0.1, -0.05) is 47.7 Å². The van der Waals surface area contributed by atoms with Crippen LogP contribution in [0.1, 0.15) is 29.4 Å². The fourth-order valence-electron chi connectivity index (χ4n) is 3.63. The smallest absolute Gasteiger partial charge is 0.266 e. The van der Waals surface area contributed by atoms with Crippen LogP contribution in [0.3, 0.4) is 0 Å². The summed E-state index contributed by atoms with van der Waals surface area (Å²) in [6, 6.07) is 14.7. The number of rotatable bonds is 9. The first kappa shape index (κ1) is 25.5. The fraction of sp³-hybridized carbons (Fsp3) is 0.222. The average Bonchev–Trinajstić information content (AvgIpc) is 3.45. The fourth-order valence-corrected chi connectivity index (χ4v) is 4.89. The maximum atomic E-state index is 12.9. The number of furan rings is 1. The number of amides is 2. The Hall–Kier alpha value is -3.56. The monoisotopic (exact) mass is 522 g/mol. The maximum absolute atomic E-state index is 12.9. The summed E-state index contributed by atoms with van der Waals surface area (Å²) in [7, 11) is 0. The number of hydrogen-bond acceptors (Lipinski definition) is 7. The van der Waals surface area contributed by atoms with E-state index in [2.05, 4.69) is 5.32 Å². The van der Waals surface area contributed by atoms with Crippen molar-refractivity contribution < 1.29 is 23.5 Å². The predicted octanol–water partition coefficient (Wildman–Crippen LogP) is 5.71. The van der Waals surface area contributed by atoms with Gasteiger partial charge in [0.15, 0.2) is 18.1 Å². The number of aryl methyl sites for hydroxylation is 2. The molecular formula is C27H26N2O5S2. The number of thiocarbonyl (C=S) groups is 1. The summed E-state index contributed by atoms with van der Waals surface area (Å²) >= 11 is 6.64. The number of thioether (sulfide) groups is 1. The summed E-state index contributed by atoms with van der Waals surface area (Å²) in [5.74, 6) is 1.14. The zero-order valence-electron chi connectivity index (χ0n) is 20.2. The van der Waals surface area contributed by atoms with Gasteiger partial charge in [0.25, 0.3) is 11.8 Å². The molecule has 2 aromatic carbocycles. The Morgan fingerprint density at radius 3 is 2.69 bits per heavy atom. The van der Waals surface area contributed by atoms with Gasteiger partial charge in [0, 0.05) is 5.69 Å². The van der Waals surface area contributed by atoms with Crippen LogP contribution in [0.25, 0.3) is 6.08 Å². The number of carbonyl (C=O) groups is 2. The first-order valence-electron chi connectivity index (χ1n) is 11.4. The van der Waals surface area contributed by atoms with E-state index >= 15 is 0 Å². The topological polar surface area (TPSA) is 81.0 Å². The number of nitrogens with zero attached hydrogens (tertiary/aromatic N) is 1. The van der Waals surface area contributed by atoms with Crippen molar-refractivity contribution in [3.8, 4) is 11.5 Å². The number of ether oxygens (including phenoxy) is 2. The van der Waals surface area contributed by atoms with Gasteiger partial charge in [-0.2, -0.15) is 0 Å². The Morgan fingerprint density at radius 1 is 1.14 bits per heavy atom. The first-order chi connectivity index (χ1) is 17.3. The van der Waals surface area contributed by atoms with E-state index in [1.54, 1.807) is 42.7 Å². The molecule has 0 radical (unpaired) electrons. The van der Waals surface area contributed by atoms with E-state index in [4.69, 9.17) is 26.1 Å². The molecule has 9 heteroatoms. The highest BCUT2D eigenvalue weighted by Crippen LogP contribution is 2.35. The Bertz CT molecular complexity index is 1320. The zero-order valence-corrected chi connectivity index (χ0v) is 21.8. The third-order valence-electron chi connectivity index (χ3n) is 5.35. The van der Waals surface area contributed by atoms with Crippen LogP contribution in [0.15, 0.2) is 64.1 Å². The summed E-state index contributed by atoms with van der Waals surface area (Å²) in [6.45, 7) is 6.35. The van der Waals surface area contributed by atoms with Gasteiger partial charge in [-0.25, -0.2) is 0 Å². The Balaban J connectivity index is 1.44. The van der Waals surface area contributed by atoms with Crippen LogP contribution >= 0.6 is 24.0 Å². The molecule has 0 aliphatic carbocycles. The molecule has 2 heterocycles. The second-order valence-corrected chi connectivity index (χ2v) is 9.82. The van der Waals surface area contributed by atoms with Crippen molar-refractivity contribution in [3.63, 3.8) is 0 Å². The van der Waals surface area contributed by atoms with Gasteiger partial charge >= 0.3 is 0 Å². The molecule has 3 aromatic rings. The SMILES string of the molecule is CCOc1cc(/C=C2\SC(=S)N(Cc3ccco3)C2=O)ccc1OCC(=O)Nc1ccc(C)cc1C. The number of anilines is 1. The molecule has 0 unspecified atom stereocenters. The normalized spacial score (nSPS) is 14.4. The van der Waals surface area contributed by atoms with Gasteiger partial charge in [-0.3, -0.25) is 14.5 Å². The lowest BCUT2D eigenvalue weighted by atomic mass is 10.1. The van der Waals surface area contributed by atoms with Crippen LogP contribution in [0.4, 0.5) is 5.69 Å². The zero-order chi connectivity index (χ0) is 25.7. The molecule has 1 saturated heterocycles. The highest BCUT2D eigenvalue weighted by Gasteiger charge is 2.32. The van der Waals surface area contributed by atoms with E-state index in [1.807, 2.05) is 39.0 Å². The molecule has 0 atom stereocenters. The molecule has 0 spiro atoms. The largest absolute Gasteiger partial charge is 0.490 e. The quantitative estimate of drug-likeness (QED) is 0.285. The van der Waals surface area contributed by atoms with Crippen LogP contribution < -0.4 is 14.8 Å². The summed E-state index contributed by atoms with van der Waals surface area (Å²) in [5.41, 5.74) is 3.61. The third-order valence-corrected chi connectivity index (χ3v) is 6.73. The highest BCUT2D eigenvalue weighted by molar-refractivity contribution is 8.26. The summed E-state index contributed by atoms with van der Waals surface area (Å²) < 4.78 is 17.3. The van der Waals surface area contributed by atoms with E-state index in [0.717, 1.165) is 22.4 Å². The van der Waals surface area contributed by atoms with Crippen molar-refractivity contribution in [1.82, 2.24) is 4.90 Å². The molecule has 1 aliphatic rings. The highest BCUT2D eigenvalue weighted by atomic mass is 32.2. The van der Waals surface area contributed by atoms with E-state index in [1.165, 1.54) is 16.7 Å². The second-order valence-electron chi connectivity index (χ2n) is 8.14. The summed E-state index contributed by atoms with van der Waals surface area (Å²) in [5, 5.41) is 2.87. The molecule has 7 nitrogen and oxygen atoms in total. The maximum Gasteiger partial charge on any atom is 0.266 e. The van der Waals surface area contributed by atoms with Crippen LogP contribution in [-0.4, -0.2) is 34.2 Å². The van der Waals surface area contributed by atoms with Gasteiger partial charge in [-0.05, 0) is 68.3 Å². The van der Waals surface area contributed by atoms with Crippen molar-refractivity contribution in [1.29, 1.82) is 0 Å². The van der Waals surface area contributed by atoms with Crippen molar-refractivity contribution in [2.75, 3.05) is 18.5 Å². The number of hydrogen-bond donors (Lipinski definition) is 1. The van der Waals surface area contributed by atoms with E-state index in [-0.39, 0.29) is 25.0 Å². The Kier molecular flexibility index (Phi) is 8.12. The number of nitrogens with one attached hydrogen (secondary N) is 1. The van der Waals surface area contributed by atoms with E-state index < -0.39 is 0 Å². The average molecular weight is 523 g/mol. The molecule has 2 amide bonds. The molecule has 1 N–H and O–H groups in total.